The third-order valence-corrected chi connectivity index (χ3v) is 5.45. The van der Waals surface area contributed by atoms with Crippen LogP contribution in [0.5, 0.6) is 0 Å². The predicted octanol–water partition coefficient (Wildman–Crippen LogP) is 2.47. The highest BCUT2D eigenvalue weighted by atomic mass is 16.2. The summed E-state index contributed by atoms with van der Waals surface area (Å²) in [6.45, 7) is 4.07. The molecule has 3 atom stereocenters. The van der Waals surface area contributed by atoms with Gasteiger partial charge in [0.25, 0.3) is 0 Å². The fraction of sp³-hybridized carbons (Fsp3) is 0.824. The zero-order valence-electron chi connectivity index (χ0n) is 13.3. The minimum Gasteiger partial charge on any atom is -0.338 e. The Hall–Kier alpha value is -1.03. The summed E-state index contributed by atoms with van der Waals surface area (Å²) in [5.74, 6) is 1.32. The van der Waals surface area contributed by atoms with Crippen LogP contribution in [-0.2, 0) is 0 Å². The first kappa shape index (κ1) is 14.9. The maximum atomic E-state index is 12.6. The number of carbonyl (C=O) groups is 1. The van der Waals surface area contributed by atoms with Crippen molar-refractivity contribution in [1.29, 1.82) is 0 Å². The molecule has 1 N–H and O–H groups in total. The summed E-state index contributed by atoms with van der Waals surface area (Å²) >= 11 is 0. The van der Waals surface area contributed by atoms with E-state index in [2.05, 4.69) is 34.3 Å². The summed E-state index contributed by atoms with van der Waals surface area (Å²) < 4.78 is 0. The highest BCUT2D eigenvalue weighted by Gasteiger charge is 2.37. The molecule has 4 nitrogen and oxygen atoms in total. The predicted molar refractivity (Wildman–Crippen MR) is 85.2 cm³/mol. The number of urea groups is 1. The van der Waals surface area contributed by atoms with Gasteiger partial charge < -0.3 is 15.1 Å². The summed E-state index contributed by atoms with van der Waals surface area (Å²) in [5, 5.41) is 3.21. The standard InChI is InChI=1S/C17H29N3O/c1-19-11-9-16-15(13-19)8-5-10-20(16)17(21)18-12-14-6-3-2-4-7-14/h2-3,14-16H,4-13H2,1H3,(H,18,21). The summed E-state index contributed by atoms with van der Waals surface area (Å²) in [7, 11) is 2.20. The lowest BCUT2D eigenvalue weighted by molar-refractivity contribution is 0.0530. The summed E-state index contributed by atoms with van der Waals surface area (Å²) in [6, 6.07) is 0.657. The summed E-state index contributed by atoms with van der Waals surface area (Å²) in [6.07, 6.45) is 11.6. The zero-order valence-corrected chi connectivity index (χ0v) is 13.3. The molecule has 2 heterocycles. The highest BCUT2D eigenvalue weighted by molar-refractivity contribution is 5.74. The first-order valence-corrected chi connectivity index (χ1v) is 8.62. The Labute approximate surface area is 128 Å². The van der Waals surface area contributed by atoms with Gasteiger partial charge in [0.1, 0.15) is 0 Å². The monoisotopic (exact) mass is 291 g/mol. The second kappa shape index (κ2) is 6.82. The molecular weight excluding hydrogens is 262 g/mol. The third-order valence-electron chi connectivity index (χ3n) is 5.45. The van der Waals surface area contributed by atoms with Crippen LogP contribution in [0.4, 0.5) is 4.79 Å². The van der Waals surface area contributed by atoms with Crippen molar-refractivity contribution in [3.8, 4) is 0 Å². The molecule has 2 amide bonds. The molecule has 3 rings (SSSR count). The molecule has 0 radical (unpaired) electrons. The van der Waals surface area contributed by atoms with E-state index in [0.717, 1.165) is 45.4 Å². The van der Waals surface area contributed by atoms with E-state index < -0.39 is 0 Å². The van der Waals surface area contributed by atoms with Crippen molar-refractivity contribution in [2.24, 2.45) is 11.8 Å². The molecule has 2 aliphatic heterocycles. The summed E-state index contributed by atoms with van der Waals surface area (Å²) in [4.78, 5) is 17.1. The minimum atomic E-state index is 0.184. The van der Waals surface area contributed by atoms with Gasteiger partial charge in [0.15, 0.2) is 0 Å². The molecule has 3 aliphatic rings. The van der Waals surface area contributed by atoms with Crippen LogP contribution in [0.25, 0.3) is 0 Å². The number of hydrogen-bond acceptors (Lipinski definition) is 2. The van der Waals surface area contributed by atoms with Gasteiger partial charge >= 0.3 is 6.03 Å². The lowest BCUT2D eigenvalue weighted by atomic mass is 9.84. The van der Waals surface area contributed by atoms with Crippen LogP contribution >= 0.6 is 0 Å². The number of amides is 2. The van der Waals surface area contributed by atoms with Gasteiger partial charge in [0.05, 0.1) is 0 Å². The van der Waals surface area contributed by atoms with E-state index >= 15 is 0 Å². The molecule has 0 aromatic rings. The average Bonchev–Trinajstić information content (AvgIpc) is 2.52. The largest absolute Gasteiger partial charge is 0.338 e. The van der Waals surface area contributed by atoms with E-state index in [1.807, 2.05) is 0 Å². The van der Waals surface area contributed by atoms with Crippen LogP contribution in [-0.4, -0.2) is 55.1 Å². The van der Waals surface area contributed by atoms with Crippen molar-refractivity contribution in [3.05, 3.63) is 12.2 Å². The molecule has 0 aromatic heterocycles. The average molecular weight is 291 g/mol. The van der Waals surface area contributed by atoms with Gasteiger partial charge in [-0.3, -0.25) is 0 Å². The molecular formula is C17H29N3O. The van der Waals surface area contributed by atoms with Gasteiger partial charge in [-0.2, -0.15) is 0 Å². The third kappa shape index (κ3) is 3.60. The number of likely N-dealkylation sites (tertiary alicyclic amines) is 2. The Bertz CT molecular complexity index is 395. The lowest BCUT2D eigenvalue weighted by Crippen LogP contribution is -2.57. The number of rotatable bonds is 2. The van der Waals surface area contributed by atoms with E-state index in [4.69, 9.17) is 0 Å². The van der Waals surface area contributed by atoms with Crippen molar-refractivity contribution in [3.63, 3.8) is 0 Å². The van der Waals surface area contributed by atoms with Gasteiger partial charge in [-0.1, -0.05) is 12.2 Å². The number of fused-ring (bicyclic) bond motifs is 1. The fourth-order valence-corrected chi connectivity index (χ4v) is 4.21. The van der Waals surface area contributed by atoms with Crippen molar-refractivity contribution >= 4 is 6.03 Å². The van der Waals surface area contributed by atoms with Gasteiger partial charge in [-0.05, 0) is 64.0 Å². The van der Waals surface area contributed by atoms with E-state index in [0.29, 0.717) is 17.9 Å². The molecule has 0 saturated carbocycles. The van der Waals surface area contributed by atoms with Crippen molar-refractivity contribution in [2.45, 2.75) is 44.6 Å². The molecule has 0 spiro atoms. The van der Waals surface area contributed by atoms with Crippen molar-refractivity contribution < 1.29 is 4.79 Å². The Kier molecular flexibility index (Phi) is 4.84. The van der Waals surface area contributed by atoms with E-state index in [9.17, 15) is 4.79 Å². The first-order valence-electron chi connectivity index (χ1n) is 8.62. The van der Waals surface area contributed by atoms with Crippen LogP contribution < -0.4 is 5.32 Å². The number of nitrogens with zero attached hydrogens (tertiary/aromatic N) is 2. The molecule has 2 fully saturated rings. The van der Waals surface area contributed by atoms with Crippen LogP contribution in [0.15, 0.2) is 12.2 Å². The highest BCUT2D eigenvalue weighted by Crippen LogP contribution is 2.30. The Morgan fingerprint density at radius 2 is 2.14 bits per heavy atom. The topological polar surface area (TPSA) is 35.6 Å². The smallest absolute Gasteiger partial charge is 0.317 e. The maximum Gasteiger partial charge on any atom is 0.317 e. The number of piperidine rings is 2. The van der Waals surface area contributed by atoms with Gasteiger partial charge in [-0.15, -0.1) is 0 Å². The van der Waals surface area contributed by atoms with Gasteiger partial charge in [0, 0.05) is 25.7 Å². The molecule has 4 heteroatoms. The second-order valence-corrected chi connectivity index (χ2v) is 7.05. The first-order chi connectivity index (χ1) is 10.2. The van der Waals surface area contributed by atoms with Crippen LogP contribution in [0.1, 0.15) is 38.5 Å². The molecule has 3 unspecified atom stereocenters. The number of nitrogens with one attached hydrogen (secondary N) is 1. The normalized spacial score (nSPS) is 33.6. The number of carbonyl (C=O) groups excluding carboxylic acids is 1. The van der Waals surface area contributed by atoms with E-state index in [1.54, 1.807) is 0 Å². The SMILES string of the molecule is CN1CCC2C(CCCN2C(=O)NCC2CC=CCC2)C1. The summed E-state index contributed by atoms with van der Waals surface area (Å²) in [5.41, 5.74) is 0. The Balaban J connectivity index is 1.52. The van der Waals surface area contributed by atoms with Crippen LogP contribution in [0.2, 0.25) is 0 Å². The lowest BCUT2D eigenvalue weighted by Gasteiger charge is -2.46. The van der Waals surface area contributed by atoms with Gasteiger partial charge in [-0.25, -0.2) is 4.79 Å². The number of hydrogen-bond donors (Lipinski definition) is 1. The van der Waals surface area contributed by atoms with Crippen LogP contribution in [0, 0.1) is 11.8 Å². The Morgan fingerprint density at radius 3 is 2.95 bits per heavy atom. The Morgan fingerprint density at radius 1 is 1.24 bits per heavy atom. The molecule has 1 aliphatic carbocycles. The minimum absolute atomic E-state index is 0.184. The van der Waals surface area contributed by atoms with Crippen molar-refractivity contribution in [1.82, 2.24) is 15.1 Å². The molecule has 0 bridgehead atoms. The van der Waals surface area contributed by atoms with E-state index in [-0.39, 0.29) is 6.03 Å². The zero-order chi connectivity index (χ0) is 14.7. The number of allylic oxidation sites excluding steroid dienone is 2. The quantitative estimate of drug-likeness (QED) is 0.793. The maximum absolute atomic E-state index is 12.6. The molecule has 21 heavy (non-hydrogen) atoms. The molecule has 2 saturated heterocycles. The van der Waals surface area contributed by atoms with E-state index in [1.165, 1.54) is 19.3 Å². The van der Waals surface area contributed by atoms with Gasteiger partial charge in [0.2, 0.25) is 0 Å². The van der Waals surface area contributed by atoms with Crippen LogP contribution in [0.3, 0.4) is 0 Å². The molecule has 118 valence electrons. The fourth-order valence-electron chi connectivity index (χ4n) is 4.21. The molecule has 0 aromatic carbocycles. The van der Waals surface area contributed by atoms with Crippen molar-refractivity contribution in [2.75, 3.05) is 33.2 Å². The second-order valence-electron chi connectivity index (χ2n) is 7.05.